The summed E-state index contributed by atoms with van der Waals surface area (Å²) < 4.78 is 44.0. The molecule has 0 saturated heterocycles. The standard InChI is InChI=1S/C23H25F2N3O3/c1-14(2)30-19-5-3-4-16(12-19)21(22(24)25)26-17-8-10-18(11-9-17)29-13-20-27-23(31-28-20)15-6-7-15/h3-5,8-12,14-15,21-22,26H,6-7,13H2,1-2H3/t21-/m1/s1. The molecule has 0 radical (unpaired) electrons. The summed E-state index contributed by atoms with van der Waals surface area (Å²) in [6.45, 7) is 3.97. The van der Waals surface area contributed by atoms with Crippen LogP contribution in [0.25, 0.3) is 0 Å². The first-order valence-electron chi connectivity index (χ1n) is 10.3. The van der Waals surface area contributed by atoms with Crippen molar-refractivity contribution >= 4 is 5.69 Å². The van der Waals surface area contributed by atoms with Crippen molar-refractivity contribution in [1.29, 1.82) is 0 Å². The van der Waals surface area contributed by atoms with Crippen LogP contribution < -0.4 is 14.8 Å². The summed E-state index contributed by atoms with van der Waals surface area (Å²) in [7, 11) is 0. The molecule has 1 heterocycles. The molecule has 0 amide bonds. The van der Waals surface area contributed by atoms with E-state index in [1.807, 2.05) is 13.8 Å². The lowest BCUT2D eigenvalue weighted by Crippen LogP contribution is -2.19. The predicted molar refractivity (Wildman–Crippen MR) is 112 cm³/mol. The fourth-order valence-corrected chi connectivity index (χ4v) is 3.14. The van der Waals surface area contributed by atoms with Crippen molar-refractivity contribution in [2.75, 3.05) is 5.32 Å². The molecule has 6 nitrogen and oxygen atoms in total. The molecule has 1 aliphatic rings. The van der Waals surface area contributed by atoms with Gasteiger partial charge >= 0.3 is 0 Å². The second kappa shape index (κ2) is 9.32. The summed E-state index contributed by atoms with van der Waals surface area (Å²) >= 11 is 0. The summed E-state index contributed by atoms with van der Waals surface area (Å²) in [6.07, 6.45) is -0.449. The van der Waals surface area contributed by atoms with E-state index in [1.165, 1.54) is 0 Å². The lowest BCUT2D eigenvalue weighted by molar-refractivity contribution is 0.124. The van der Waals surface area contributed by atoms with E-state index >= 15 is 0 Å². The second-order valence-corrected chi connectivity index (χ2v) is 7.83. The zero-order valence-corrected chi connectivity index (χ0v) is 17.4. The molecule has 164 valence electrons. The normalized spacial score (nSPS) is 14.6. The molecule has 0 bridgehead atoms. The van der Waals surface area contributed by atoms with Crippen LogP contribution in [-0.2, 0) is 6.61 Å². The van der Waals surface area contributed by atoms with E-state index in [9.17, 15) is 8.78 Å². The number of benzene rings is 2. The number of alkyl halides is 2. The van der Waals surface area contributed by atoms with Crippen LogP contribution in [0.4, 0.5) is 14.5 Å². The van der Waals surface area contributed by atoms with Gasteiger partial charge in [0.2, 0.25) is 11.7 Å². The van der Waals surface area contributed by atoms with E-state index in [2.05, 4.69) is 15.5 Å². The first-order valence-corrected chi connectivity index (χ1v) is 10.3. The number of hydrogen-bond donors (Lipinski definition) is 1. The summed E-state index contributed by atoms with van der Waals surface area (Å²) in [5, 5.41) is 6.81. The molecule has 0 unspecified atom stereocenters. The van der Waals surface area contributed by atoms with Gasteiger partial charge in [-0.3, -0.25) is 0 Å². The van der Waals surface area contributed by atoms with Crippen LogP contribution in [0.15, 0.2) is 53.1 Å². The topological polar surface area (TPSA) is 69.4 Å². The lowest BCUT2D eigenvalue weighted by atomic mass is 10.1. The number of nitrogens with one attached hydrogen (secondary N) is 1. The van der Waals surface area contributed by atoms with Gasteiger partial charge in [0.15, 0.2) is 6.61 Å². The zero-order chi connectivity index (χ0) is 21.8. The molecule has 0 spiro atoms. The van der Waals surface area contributed by atoms with E-state index < -0.39 is 12.5 Å². The van der Waals surface area contributed by atoms with Crippen LogP contribution in [0.3, 0.4) is 0 Å². The van der Waals surface area contributed by atoms with E-state index in [0.717, 1.165) is 12.8 Å². The molecule has 1 N–H and O–H groups in total. The largest absolute Gasteiger partial charge is 0.491 e. The van der Waals surface area contributed by atoms with Gasteiger partial charge in [0.05, 0.1) is 6.10 Å². The van der Waals surface area contributed by atoms with Gasteiger partial charge < -0.3 is 19.3 Å². The Morgan fingerprint density at radius 3 is 2.55 bits per heavy atom. The minimum atomic E-state index is -2.59. The maximum Gasteiger partial charge on any atom is 0.262 e. The molecule has 1 fully saturated rings. The minimum absolute atomic E-state index is 0.0338. The molecule has 1 aromatic heterocycles. The molecule has 2 aromatic carbocycles. The molecule has 3 aromatic rings. The van der Waals surface area contributed by atoms with Crippen molar-refractivity contribution in [3.05, 3.63) is 65.8 Å². The fraction of sp³-hybridized carbons (Fsp3) is 0.391. The number of aromatic nitrogens is 2. The highest BCUT2D eigenvalue weighted by molar-refractivity contribution is 5.49. The Hall–Kier alpha value is -3.16. The third kappa shape index (κ3) is 5.71. The van der Waals surface area contributed by atoms with E-state index in [-0.39, 0.29) is 12.7 Å². The van der Waals surface area contributed by atoms with E-state index in [1.54, 1.807) is 48.5 Å². The Kier molecular flexibility index (Phi) is 6.34. The maximum absolute atomic E-state index is 13.8. The van der Waals surface area contributed by atoms with Crippen LogP contribution in [0, 0.1) is 0 Å². The number of nitrogens with zero attached hydrogens (tertiary/aromatic N) is 2. The highest BCUT2D eigenvalue weighted by Crippen LogP contribution is 2.38. The van der Waals surface area contributed by atoms with Gasteiger partial charge in [-0.2, -0.15) is 4.98 Å². The van der Waals surface area contributed by atoms with Crippen LogP contribution in [0.2, 0.25) is 0 Å². The number of hydrogen-bond acceptors (Lipinski definition) is 6. The first kappa shape index (κ1) is 21.1. The van der Waals surface area contributed by atoms with Gasteiger partial charge in [-0.1, -0.05) is 17.3 Å². The SMILES string of the molecule is CC(C)Oc1cccc([C@@H](Nc2ccc(OCc3noc(C4CC4)n3)cc2)C(F)F)c1. The predicted octanol–water partition coefficient (Wildman–Crippen LogP) is 5.73. The van der Waals surface area contributed by atoms with Crippen LogP contribution >= 0.6 is 0 Å². The average molecular weight is 429 g/mol. The zero-order valence-electron chi connectivity index (χ0n) is 17.4. The summed E-state index contributed by atoms with van der Waals surface area (Å²) in [5.41, 5.74) is 1.01. The van der Waals surface area contributed by atoms with Gasteiger partial charge in [0, 0.05) is 11.6 Å². The average Bonchev–Trinajstić information content (AvgIpc) is 3.49. The fourth-order valence-electron chi connectivity index (χ4n) is 3.14. The van der Waals surface area contributed by atoms with E-state index in [0.29, 0.717) is 40.4 Å². The van der Waals surface area contributed by atoms with Crippen LogP contribution in [-0.4, -0.2) is 22.7 Å². The minimum Gasteiger partial charge on any atom is -0.491 e. The van der Waals surface area contributed by atoms with Crippen molar-refractivity contribution in [1.82, 2.24) is 10.1 Å². The van der Waals surface area contributed by atoms with Gasteiger partial charge in [-0.05, 0) is 68.7 Å². The van der Waals surface area contributed by atoms with Gasteiger partial charge in [-0.15, -0.1) is 0 Å². The maximum atomic E-state index is 13.8. The Balaban J connectivity index is 1.37. The first-order chi connectivity index (χ1) is 15.0. The number of anilines is 1. The Morgan fingerprint density at radius 1 is 1.10 bits per heavy atom. The van der Waals surface area contributed by atoms with Crippen molar-refractivity contribution in [2.24, 2.45) is 0 Å². The molecule has 1 aliphatic carbocycles. The van der Waals surface area contributed by atoms with Crippen molar-refractivity contribution in [3.63, 3.8) is 0 Å². The number of ether oxygens (including phenoxy) is 2. The van der Waals surface area contributed by atoms with Crippen molar-refractivity contribution < 1.29 is 22.8 Å². The van der Waals surface area contributed by atoms with Gasteiger partial charge in [-0.25, -0.2) is 8.78 Å². The Morgan fingerprint density at radius 2 is 1.87 bits per heavy atom. The van der Waals surface area contributed by atoms with Gasteiger partial charge in [0.25, 0.3) is 6.43 Å². The quantitative estimate of drug-likeness (QED) is 0.444. The number of rotatable bonds is 10. The van der Waals surface area contributed by atoms with Crippen LogP contribution in [0.1, 0.15) is 55.9 Å². The second-order valence-electron chi connectivity index (χ2n) is 7.83. The van der Waals surface area contributed by atoms with Crippen LogP contribution in [0.5, 0.6) is 11.5 Å². The highest BCUT2D eigenvalue weighted by Gasteiger charge is 2.29. The smallest absolute Gasteiger partial charge is 0.262 e. The molecule has 1 atom stereocenters. The summed E-state index contributed by atoms with van der Waals surface area (Å²) in [6, 6.07) is 12.4. The van der Waals surface area contributed by atoms with Crippen molar-refractivity contribution in [2.45, 2.75) is 57.8 Å². The van der Waals surface area contributed by atoms with E-state index in [4.69, 9.17) is 14.0 Å². The molecule has 1 saturated carbocycles. The lowest BCUT2D eigenvalue weighted by Gasteiger charge is -2.21. The Labute approximate surface area is 179 Å². The molecular formula is C23H25F2N3O3. The molecule has 31 heavy (non-hydrogen) atoms. The third-order valence-electron chi connectivity index (χ3n) is 4.80. The Bertz CT molecular complexity index is 988. The molecule has 0 aliphatic heterocycles. The monoisotopic (exact) mass is 429 g/mol. The van der Waals surface area contributed by atoms with Gasteiger partial charge in [0.1, 0.15) is 17.5 Å². The van der Waals surface area contributed by atoms with Crippen molar-refractivity contribution in [3.8, 4) is 11.5 Å². The molecule has 8 heteroatoms. The number of halogens is 2. The highest BCUT2D eigenvalue weighted by atomic mass is 19.3. The third-order valence-corrected chi connectivity index (χ3v) is 4.80. The molecular weight excluding hydrogens is 404 g/mol. The molecule has 4 rings (SSSR count). The summed E-state index contributed by atoms with van der Waals surface area (Å²) in [4.78, 5) is 4.31. The summed E-state index contributed by atoms with van der Waals surface area (Å²) in [5.74, 6) is 2.70.